The highest BCUT2D eigenvalue weighted by Crippen LogP contribution is 2.25. The highest BCUT2D eigenvalue weighted by atomic mass is 32.1. The molecule has 1 nitrogen and oxygen atoms in total. The van der Waals surface area contributed by atoms with Gasteiger partial charge in [-0.1, -0.05) is 18.2 Å². The molecule has 0 radical (unpaired) electrons. The standard InChI is InChI=1S/C11H11NS/c1-8(12-2)11-7-9-5-3-4-6-10(9)13-11/h3-7H,1-2H3. The van der Waals surface area contributed by atoms with E-state index >= 15 is 0 Å². The van der Waals surface area contributed by atoms with Crippen LogP contribution in [0.25, 0.3) is 10.1 Å². The van der Waals surface area contributed by atoms with Crippen LogP contribution in [0, 0.1) is 0 Å². The Morgan fingerprint density at radius 1 is 1.31 bits per heavy atom. The summed E-state index contributed by atoms with van der Waals surface area (Å²) in [6.07, 6.45) is 0. The lowest BCUT2D eigenvalue weighted by atomic mass is 10.2. The van der Waals surface area contributed by atoms with E-state index in [1.807, 2.05) is 14.0 Å². The molecule has 1 aromatic heterocycles. The molecule has 0 saturated heterocycles. The normalized spacial score (nSPS) is 12.3. The number of hydrogen-bond acceptors (Lipinski definition) is 2. The van der Waals surface area contributed by atoms with Crippen LogP contribution in [0.4, 0.5) is 0 Å². The van der Waals surface area contributed by atoms with Crippen molar-refractivity contribution < 1.29 is 0 Å². The lowest BCUT2D eigenvalue weighted by molar-refractivity contribution is 1.43. The van der Waals surface area contributed by atoms with Crippen LogP contribution in [0.2, 0.25) is 0 Å². The van der Waals surface area contributed by atoms with E-state index in [0.717, 1.165) is 5.71 Å². The van der Waals surface area contributed by atoms with Gasteiger partial charge in [0.2, 0.25) is 0 Å². The van der Waals surface area contributed by atoms with Gasteiger partial charge >= 0.3 is 0 Å². The van der Waals surface area contributed by atoms with Gasteiger partial charge in [-0.25, -0.2) is 0 Å². The fourth-order valence-corrected chi connectivity index (χ4v) is 2.32. The molecule has 66 valence electrons. The van der Waals surface area contributed by atoms with Gasteiger partial charge in [-0.15, -0.1) is 11.3 Å². The Labute approximate surface area is 81.7 Å². The molecule has 0 bridgehead atoms. The number of thiophene rings is 1. The second kappa shape index (κ2) is 3.30. The van der Waals surface area contributed by atoms with Gasteiger partial charge in [-0.2, -0.15) is 0 Å². The molecule has 0 saturated carbocycles. The molecule has 0 N–H and O–H groups in total. The molecular weight excluding hydrogens is 178 g/mol. The molecule has 0 fully saturated rings. The maximum absolute atomic E-state index is 4.18. The van der Waals surface area contributed by atoms with Crippen molar-refractivity contribution >= 4 is 27.1 Å². The van der Waals surface area contributed by atoms with Crippen molar-refractivity contribution in [2.45, 2.75) is 6.92 Å². The number of rotatable bonds is 1. The maximum atomic E-state index is 4.18. The first-order valence-electron chi connectivity index (χ1n) is 4.23. The third-order valence-electron chi connectivity index (χ3n) is 2.12. The van der Waals surface area contributed by atoms with Crippen molar-refractivity contribution in [1.29, 1.82) is 0 Å². The monoisotopic (exact) mass is 189 g/mol. The van der Waals surface area contributed by atoms with Gasteiger partial charge < -0.3 is 0 Å². The van der Waals surface area contributed by atoms with Crippen LogP contribution >= 0.6 is 11.3 Å². The number of nitrogens with zero attached hydrogens (tertiary/aromatic N) is 1. The molecule has 0 unspecified atom stereocenters. The van der Waals surface area contributed by atoms with Gasteiger partial charge in [-0.05, 0) is 24.4 Å². The summed E-state index contributed by atoms with van der Waals surface area (Å²) in [7, 11) is 1.83. The Morgan fingerprint density at radius 3 is 2.77 bits per heavy atom. The second-order valence-corrected chi connectivity index (χ2v) is 4.04. The minimum atomic E-state index is 1.11. The molecule has 0 atom stereocenters. The Balaban J connectivity index is 2.62. The third-order valence-corrected chi connectivity index (χ3v) is 3.34. The summed E-state index contributed by atoms with van der Waals surface area (Å²) in [4.78, 5) is 5.45. The predicted molar refractivity (Wildman–Crippen MR) is 60.0 cm³/mol. The van der Waals surface area contributed by atoms with E-state index in [1.165, 1.54) is 15.0 Å². The third kappa shape index (κ3) is 1.49. The van der Waals surface area contributed by atoms with Gasteiger partial charge in [0.1, 0.15) is 0 Å². The second-order valence-electron chi connectivity index (χ2n) is 2.96. The first kappa shape index (κ1) is 8.45. The van der Waals surface area contributed by atoms with Gasteiger partial charge in [-0.3, -0.25) is 4.99 Å². The largest absolute Gasteiger partial charge is 0.292 e. The van der Waals surface area contributed by atoms with E-state index in [-0.39, 0.29) is 0 Å². The van der Waals surface area contributed by atoms with Crippen molar-refractivity contribution in [3.8, 4) is 0 Å². The Bertz CT molecular complexity index is 421. The zero-order valence-corrected chi connectivity index (χ0v) is 8.56. The molecule has 0 spiro atoms. The minimum absolute atomic E-state index is 1.11. The maximum Gasteiger partial charge on any atom is 0.0490 e. The SMILES string of the molecule is CN=C(C)c1cc2ccccc2s1. The average Bonchev–Trinajstić information content (AvgIpc) is 2.59. The van der Waals surface area contributed by atoms with E-state index in [4.69, 9.17) is 0 Å². The molecule has 1 aromatic carbocycles. The average molecular weight is 189 g/mol. The van der Waals surface area contributed by atoms with E-state index in [1.54, 1.807) is 11.3 Å². The molecule has 2 rings (SSSR count). The summed E-state index contributed by atoms with van der Waals surface area (Å²) in [6.45, 7) is 2.05. The topological polar surface area (TPSA) is 12.4 Å². The van der Waals surface area contributed by atoms with Crippen LogP contribution in [0.3, 0.4) is 0 Å². The molecule has 0 aliphatic carbocycles. The van der Waals surface area contributed by atoms with Crippen molar-refractivity contribution in [3.05, 3.63) is 35.2 Å². The van der Waals surface area contributed by atoms with E-state index in [0.29, 0.717) is 0 Å². The van der Waals surface area contributed by atoms with Gasteiger partial charge in [0, 0.05) is 22.3 Å². The first-order chi connectivity index (χ1) is 6.31. The van der Waals surface area contributed by atoms with Crippen LogP contribution in [-0.2, 0) is 0 Å². The molecule has 0 amide bonds. The summed E-state index contributed by atoms with van der Waals surface area (Å²) < 4.78 is 1.33. The molecule has 13 heavy (non-hydrogen) atoms. The molecule has 1 heterocycles. The zero-order valence-electron chi connectivity index (χ0n) is 7.74. The smallest absolute Gasteiger partial charge is 0.0490 e. The predicted octanol–water partition coefficient (Wildman–Crippen LogP) is 3.34. The van der Waals surface area contributed by atoms with Crippen molar-refractivity contribution in [3.63, 3.8) is 0 Å². The summed E-state index contributed by atoms with van der Waals surface area (Å²) in [6, 6.07) is 10.6. The highest BCUT2D eigenvalue weighted by Gasteiger charge is 2.02. The number of fused-ring (bicyclic) bond motifs is 1. The van der Waals surface area contributed by atoms with Crippen LogP contribution in [0.1, 0.15) is 11.8 Å². The highest BCUT2D eigenvalue weighted by molar-refractivity contribution is 7.20. The first-order valence-corrected chi connectivity index (χ1v) is 5.05. The van der Waals surface area contributed by atoms with Gasteiger partial charge in [0.25, 0.3) is 0 Å². The summed E-state index contributed by atoms with van der Waals surface area (Å²) in [5.74, 6) is 0. The van der Waals surface area contributed by atoms with Crippen molar-refractivity contribution in [2.24, 2.45) is 4.99 Å². The van der Waals surface area contributed by atoms with Gasteiger partial charge in [0.15, 0.2) is 0 Å². The summed E-state index contributed by atoms with van der Waals surface area (Å²) in [5.41, 5.74) is 1.11. The van der Waals surface area contributed by atoms with Gasteiger partial charge in [0.05, 0.1) is 0 Å². The van der Waals surface area contributed by atoms with Crippen molar-refractivity contribution in [1.82, 2.24) is 0 Å². The lowest BCUT2D eigenvalue weighted by Crippen LogP contribution is -1.87. The Morgan fingerprint density at radius 2 is 2.08 bits per heavy atom. The van der Waals surface area contributed by atoms with Crippen LogP contribution in [0.15, 0.2) is 35.3 Å². The number of aliphatic imine (C=N–C) groups is 1. The zero-order chi connectivity index (χ0) is 9.26. The lowest BCUT2D eigenvalue weighted by Gasteiger charge is -1.89. The molecule has 0 aliphatic rings. The van der Waals surface area contributed by atoms with Crippen LogP contribution in [-0.4, -0.2) is 12.8 Å². The number of benzene rings is 1. The molecule has 0 aliphatic heterocycles. The minimum Gasteiger partial charge on any atom is -0.292 e. The fourth-order valence-electron chi connectivity index (χ4n) is 1.27. The molecular formula is C11H11NS. The van der Waals surface area contributed by atoms with E-state index in [2.05, 4.69) is 35.3 Å². The fraction of sp³-hybridized carbons (Fsp3) is 0.182. The van der Waals surface area contributed by atoms with Crippen molar-refractivity contribution in [2.75, 3.05) is 7.05 Å². The molecule has 2 heteroatoms. The number of hydrogen-bond donors (Lipinski definition) is 0. The summed E-state index contributed by atoms with van der Waals surface area (Å²) in [5, 5.41) is 1.31. The Hall–Kier alpha value is -1.15. The van der Waals surface area contributed by atoms with E-state index < -0.39 is 0 Å². The Kier molecular flexibility index (Phi) is 2.15. The van der Waals surface area contributed by atoms with E-state index in [9.17, 15) is 0 Å². The summed E-state index contributed by atoms with van der Waals surface area (Å²) >= 11 is 1.80. The quantitative estimate of drug-likeness (QED) is 0.610. The molecule has 2 aromatic rings. The van der Waals surface area contributed by atoms with Crippen LogP contribution < -0.4 is 0 Å². The van der Waals surface area contributed by atoms with Crippen LogP contribution in [0.5, 0.6) is 0 Å².